The van der Waals surface area contributed by atoms with E-state index in [0.717, 1.165) is 32.1 Å². The Balaban J connectivity index is 2.18. The van der Waals surface area contributed by atoms with Crippen molar-refractivity contribution in [1.82, 2.24) is 0 Å². The highest BCUT2D eigenvalue weighted by Crippen LogP contribution is 2.33. The van der Waals surface area contributed by atoms with Gasteiger partial charge in [0.25, 0.3) is 0 Å². The average Bonchev–Trinajstić information content (AvgIpc) is 2.29. The summed E-state index contributed by atoms with van der Waals surface area (Å²) in [4.78, 5) is 0. The Labute approximate surface area is 103 Å². The molecule has 1 aliphatic carbocycles. The molecule has 0 aromatic heterocycles. The molecule has 2 atom stereocenters. The van der Waals surface area contributed by atoms with Crippen molar-refractivity contribution in [2.45, 2.75) is 61.5 Å². The first-order valence-electron chi connectivity index (χ1n) is 6.47. The molecule has 1 aliphatic heterocycles. The molecule has 0 aromatic carbocycles. The van der Waals surface area contributed by atoms with E-state index in [2.05, 4.69) is 0 Å². The highest BCUT2D eigenvalue weighted by atomic mass is 32.2. The van der Waals surface area contributed by atoms with Crippen molar-refractivity contribution in [3.63, 3.8) is 0 Å². The Hall–Kier alpha value is -0.130. The van der Waals surface area contributed by atoms with Crippen LogP contribution in [0.15, 0.2) is 0 Å². The van der Waals surface area contributed by atoms with Gasteiger partial charge < -0.3 is 9.84 Å². The first-order chi connectivity index (χ1) is 7.94. The normalized spacial score (nSPS) is 36.9. The third kappa shape index (κ3) is 2.66. The number of hydrogen-bond donors (Lipinski definition) is 1. The molecule has 17 heavy (non-hydrogen) atoms. The fraction of sp³-hybridized carbons (Fsp3) is 1.00. The van der Waals surface area contributed by atoms with Crippen molar-refractivity contribution in [3.05, 3.63) is 0 Å². The highest BCUT2D eigenvalue weighted by Gasteiger charge is 2.47. The molecule has 0 spiro atoms. The maximum atomic E-state index is 12.5. The molecule has 5 heteroatoms. The van der Waals surface area contributed by atoms with Crippen molar-refractivity contribution in [1.29, 1.82) is 0 Å². The smallest absolute Gasteiger partial charge is 0.161 e. The maximum absolute atomic E-state index is 12.5. The molecular formula is C12H22O4S. The monoisotopic (exact) mass is 262 g/mol. The van der Waals surface area contributed by atoms with Gasteiger partial charge in [0.05, 0.1) is 17.5 Å². The molecule has 0 bridgehead atoms. The standard InChI is InChI=1S/C12H22O4S/c1-12(13)7-8-16-9-11(12)17(14,15)10-5-3-2-4-6-10/h10-11,13H,2-9H2,1H3/t11-,12+/m0/s1. The van der Waals surface area contributed by atoms with Crippen LogP contribution in [-0.4, -0.2) is 42.8 Å². The van der Waals surface area contributed by atoms with Gasteiger partial charge in [-0.05, 0) is 19.8 Å². The molecule has 0 aromatic rings. The molecule has 0 radical (unpaired) electrons. The summed E-state index contributed by atoms with van der Waals surface area (Å²) in [5, 5.41) is 9.23. The molecule has 0 unspecified atom stereocenters. The van der Waals surface area contributed by atoms with Crippen LogP contribution in [-0.2, 0) is 14.6 Å². The number of rotatable bonds is 2. The average molecular weight is 262 g/mol. The third-order valence-corrected chi connectivity index (χ3v) is 6.97. The summed E-state index contributed by atoms with van der Waals surface area (Å²) in [7, 11) is -3.27. The molecule has 1 N–H and O–H groups in total. The summed E-state index contributed by atoms with van der Waals surface area (Å²) < 4.78 is 30.3. The molecule has 1 saturated carbocycles. The quantitative estimate of drug-likeness (QED) is 0.814. The van der Waals surface area contributed by atoms with Gasteiger partial charge in [0.15, 0.2) is 9.84 Å². The molecular weight excluding hydrogens is 240 g/mol. The lowest BCUT2D eigenvalue weighted by Gasteiger charge is -2.38. The highest BCUT2D eigenvalue weighted by molar-refractivity contribution is 7.92. The van der Waals surface area contributed by atoms with Crippen LogP contribution in [0.1, 0.15) is 45.4 Å². The lowest BCUT2D eigenvalue weighted by molar-refractivity contribution is -0.0469. The Morgan fingerprint density at radius 3 is 2.47 bits per heavy atom. The minimum Gasteiger partial charge on any atom is -0.389 e. The van der Waals surface area contributed by atoms with E-state index in [4.69, 9.17) is 4.74 Å². The van der Waals surface area contributed by atoms with Gasteiger partial charge >= 0.3 is 0 Å². The fourth-order valence-electron chi connectivity index (χ4n) is 2.88. The number of aliphatic hydroxyl groups is 1. The van der Waals surface area contributed by atoms with Gasteiger partial charge in [-0.15, -0.1) is 0 Å². The topological polar surface area (TPSA) is 63.6 Å². The van der Waals surface area contributed by atoms with Gasteiger partial charge in [-0.25, -0.2) is 8.42 Å². The molecule has 1 heterocycles. The molecule has 2 rings (SSSR count). The Kier molecular flexibility index (Phi) is 3.80. The first-order valence-corrected chi connectivity index (χ1v) is 8.08. The molecule has 0 amide bonds. The zero-order valence-electron chi connectivity index (χ0n) is 10.4. The zero-order valence-corrected chi connectivity index (χ0v) is 11.2. The van der Waals surface area contributed by atoms with E-state index in [1.165, 1.54) is 0 Å². The zero-order chi connectivity index (χ0) is 12.5. The van der Waals surface area contributed by atoms with E-state index < -0.39 is 20.7 Å². The molecule has 2 fully saturated rings. The largest absolute Gasteiger partial charge is 0.389 e. The maximum Gasteiger partial charge on any atom is 0.161 e. The summed E-state index contributed by atoms with van der Waals surface area (Å²) in [6, 6.07) is 0. The molecule has 4 nitrogen and oxygen atoms in total. The van der Waals surface area contributed by atoms with Crippen LogP contribution in [0, 0.1) is 0 Å². The van der Waals surface area contributed by atoms with E-state index in [1.54, 1.807) is 6.92 Å². The van der Waals surface area contributed by atoms with Crippen LogP contribution in [0.2, 0.25) is 0 Å². The van der Waals surface area contributed by atoms with Crippen LogP contribution in [0.4, 0.5) is 0 Å². The van der Waals surface area contributed by atoms with Crippen LogP contribution in [0.5, 0.6) is 0 Å². The number of sulfone groups is 1. The summed E-state index contributed by atoms with van der Waals surface area (Å²) in [6.45, 7) is 2.22. The fourth-order valence-corrected chi connectivity index (χ4v) is 5.45. The molecule has 2 aliphatic rings. The van der Waals surface area contributed by atoms with Gasteiger partial charge in [-0.2, -0.15) is 0 Å². The third-order valence-electron chi connectivity index (χ3n) is 4.13. The van der Waals surface area contributed by atoms with Crippen molar-refractivity contribution in [2.24, 2.45) is 0 Å². The number of ether oxygens (including phenoxy) is 1. The Morgan fingerprint density at radius 2 is 1.88 bits per heavy atom. The van der Waals surface area contributed by atoms with E-state index in [0.29, 0.717) is 13.0 Å². The van der Waals surface area contributed by atoms with Gasteiger partial charge in [0, 0.05) is 13.0 Å². The van der Waals surface area contributed by atoms with E-state index >= 15 is 0 Å². The van der Waals surface area contributed by atoms with Crippen molar-refractivity contribution < 1.29 is 18.3 Å². The van der Waals surface area contributed by atoms with Crippen LogP contribution in [0.25, 0.3) is 0 Å². The lowest BCUT2D eigenvalue weighted by atomic mass is 9.97. The van der Waals surface area contributed by atoms with Crippen molar-refractivity contribution in [2.75, 3.05) is 13.2 Å². The summed E-state index contributed by atoms with van der Waals surface area (Å²) in [5.41, 5.74) is -1.13. The Bertz CT molecular complexity index is 355. The van der Waals surface area contributed by atoms with Crippen LogP contribution < -0.4 is 0 Å². The minimum atomic E-state index is -3.27. The summed E-state index contributed by atoms with van der Waals surface area (Å²) in [6.07, 6.45) is 5.00. The van der Waals surface area contributed by atoms with E-state index in [9.17, 15) is 13.5 Å². The number of hydrogen-bond acceptors (Lipinski definition) is 4. The van der Waals surface area contributed by atoms with E-state index in [1.807, 2.05) is 0 Å². The predicted molar refractivity (Wildman–Crippen MR) is 65.6 cm³/mol. The summed E-state index contributed by atoms with van der Waals surface area (Å²) >= 11 is 0. The molecule has 1 saturated heterocycles. The second kappa shape index (κ2) is 4.86. The van der Waals surface area contributed by atoms with Crippen LogP contribution in [0.3, 0.4) is 0 Å². The lowest BCUT2D eigenvalue weighted by Crippen LogP contribution is -2.54. The van der Waals surface area contributed by atoms with Crippen molar-refractivity contribution in [3.8, 4) is 0 Å². The second-order valence-electron chi connectivity index (χ2n) is 5.52. The van der Waals surface area contributed by atoms with Gasteiger partial charge in [-0.1, -0.05) is 19.3 Å². The molecule has 100 valence electrons. The first kappa shape index (κ1) is 13.3. The van der Waals surface area contributed by atoms with E-state index in [-0.39, 0.29) is 11.9 Å². The van der Waals surface area contributed by atoms with Gasteiger partial charge in [0.2, 0.25) is 0 Å². The minimum absolute atomic E-state index is 0.145. The second-order valence-corrected chi connectivity index (χ2v) is 7.93. The summed E-state index contributed by atoms with van der Waals surface area (Å²) in [5.74, 6) is 0. The Morgan fingerprint density at radius 1 is 1.24 bits per heavy atom. The van der Waals surface area contributed by atoms with Crippen LogP contribution >= 0.6 is 0 Å². The van der Waals surface area contributed by atoms with Gasteiger partial charge in [0.1, 0.15) is 5.25 Å². The van der Waals surface area contributed by atoms with Crippen molar-refractivity contribution >= 4 is 9.84 Å². The predicted octanol–water partition coefficient (Wildman–Crippen LogP) is 1.27. The SMILES string of the molecule is C[C@@]1(O)CCOC[C@@H]1S(=O)(=O)C1CCCCC1. The van der Waals surface area contributed by atoms with Gasteiger partial charge in [-0.3, -0.25) is 0 Å².